The fourth-order valence-corrected chi connectivity index (χ4v) is 5.05. The van der Waals surface area contributed by atoms with Gasteiger partial charge in [0.25, 0.3) is 0 Å². The number of hydrogen-bond acceptors (Lipinski definition) is 3. The van der Waals surface area contributed by atoms with Gasteiger partial charge in [0.15, 0.2) is 0 Å². The van der Waals surface area contributed by atoms with E-state index in [4.69, 9.17) is 5.11 Å². The number of hydrogen-bond donors (Lipinski definition) is 2. The Balaban J connectivity index is 1.49. The van der Waals surface area contributed by atoms with Crippen molar-refractivity contribution in [2.24, 2.45) is 11.8 Å². The predicted octanol–water partition coefficient (Wildman–Crippen LogP) is 2.65. The van der Waals surface area contributed by atoms with E-state index in [-0.39, 0.29) is 6.10 Å². The maximum Gasteiger partial charge on any atom is 0.303 e. The molecule has 3 atom stereocenters. The highest BCUT2D eigenvalue weighted by atomic mass is 16.4. The van der Waals surface area contributed by atoms with Crippen LogP contribution in [0.5, 0.6) is 0 Å². The lowest BCUT2D eigenvalue weighted by molar-refractivity contribution is -0.138. The number of aliphatic carboxylic acids is 1. The van der Waals surface area contributed by atoms with Crippen molar-refractivity contribution in [3.05, 3.63) is 0 Å². The summed E-state index contributed by atoms with van der Waals surface area (Å²) in [5.74, 6) is 0.430. The van der Waals surface area contributed by atoms with Crippen LogP contribution in [0.2, 0.25) is 0 Å². The first kappa shape index (κ1) is 15.3. The summed E-state index contributed by atoms with van der Waals surface area (Å²) in [4.78, 5) is 13.4. The lowest BCUT2D eigenvalue weighted by Gasteiger charge is -2.39. The van der Waals surface area contributed by atoms with E-state index in [1.54, 1.807) is 0 Å². The molecular formula is C17H29NO3. The Morgan fingerprint density at radius 1 is 1.05 bits per heavy atom. The maximum atomic E-state index is 10.9. The van der Waals surface area contributed by atoms with Gasteiger partial charge >= 0.3 is 5.97 Å². The van der Waals surface area contributed by atoms with Crippen LogP contribution in [0.1, 0.15) is 64.2 Å². The van der Waals surface area contributed by atoms with Gasteiger partial charge in [-0.15, -0.1) is 0 Å². The van der Waals surface area contributed by atoms with Crippen LogP contribution >= 0.6 is 0 Å². The van der Waals surface area contributed by atoms with Gasteiger partial charge < -0.3 is 10.2 Å². The molecule has 1 saturated carbocycles. The van der Waals surface area contributed by atoms with E-state index in [1.807, 2.05) is 0 Å². The Bertz CT molecular complexity index is 353. The molecule has 0 radical (unpaired) electrons. The average Bonchev–Trinajstić information content (AvgIpc) is 2.97. The largest absolute Gasteiger partial charge is 0.481 e. The molecule has 0 amide bonds. The van der Waals surface area contributed by atoms with Crippen LogP contribution in [0.4, 0.5) is 0 Å². The molecule has 0 aromatic carbocycles. The number of fused-ring (bicyclic) bond motifs is 2. The van der Waals surface area contributed by atoms with Crippen LogP contribution in [-0.2, 0) is 4.79 Å². The van der Waals surface area contributed by atoms with Crippen LogP contribution in [0, 0.1) is 11.8 Å². The quantitative estimate of drug-likeness (QED) is 0.791. The third-order valence-electron chi connectivity index (χ3n) is 5.95. The molecule has 3 rings (SSSR count). The Hall–Kier alpha value is -0.610. The van der Waals surface area contributed by atoms with Crippen molar-refractivity contribution in [3.8, 4) is 0 Å². The number of carboxylic acids is 1. The minimum Gasteiger partial charge on any atom is -0.481 e. The zero-order chi connectivity index (χ0) is 14.8. The first-order chi connectivity index (χ1) is 10.1. The molecule has 3 fully saturated rings. The van der Waals surface area contributed by atoms with Crippen LogP contribution in [-0.4, -0.2) is 45.8 Å². The zero-order valence-corrected chi connectivity index (χ0v) is 12.9. The van der Waals surface area contributed by atoms with Gasteiger partial charge in [-0.05, 0) is 43.9 Å². The van der Waals surface area contributed by atoms with E-state index >= 15 is 0 Å². The van der Waals surface area contributed by atoms with Gasteiger partial charge in [0, 0.05) is 25.0 Å². The van der Waals surface area contributed by atoms with Gasteiger partial charge in [-0.2, -0.15) is 0 Å². The number of carbonyl (C=O) groups is 1. The highest BCUT2D eigenvalue weighted by Gasteiger charge is 2.41. The first-order valence-corrected chi connectivity index (χ1v) is 8.77. The molecule has 2 aliphatic heterocycles. The van der Waals surface area contributed by atoms with E-state index in [9.17, 15) is 9.90 Å². The summed E-state index contributed by atoms with van der Waals surface area (Å²) in [6.45, 7) is 0.811. The second-order valence-electron chi connectivity index (χ2n) is 7.56. The number of aliphatic hydroxyl groups is 1. The van der Waals surface area contributed by atoms with Crippen molar-refractivity contribution >= 4 is 5.97 Å². The summed E-state index contributed by atoms with van der Waals surface area (Å²) in [5, 5.41) is 19.4. The standard InChI is InChI=1S/C17H29NO3/c19-16(9-12-3-1-2-4-12)11-18-14-5-6-15(18)8-13(7-14)10-17(20)21/h12-16,19H,1-11H2,(H,20,21). The lowest BCUT2D eigenvalue weighted by Crippen LogP contribution is -2.46. The summed E-state index contributed by atoms with van der Waals surface area (Å²) in [6.07, 6.45) is 10.8. The van der Waals surface area contributed by atoms with E-state index in [2.05, 4.69) is 4.90 Å². The van der Waals surface area contributed by atoms with Crippen molar-refractivity contribution in [1.82, 2.24) is 4.90 Å². The van der Waals surface area contributed by atoms with Crippen molar-refractivity contribution in [3.63, 3.8) is 0 Å². The Morgan fingerprint density at radius 2 is 1.67 bits per heavy atom. The van der Waals surface area contributed by atoms with E-state index < -0.39 is 5.97 Å². The lowest BCUT2D eigenvalue weighted by atomic mass is 9.87. The van der Waals surface area contributed by atoms with Crippen molar-refractivity contribution < 1.29 is 15.0 Å². The average molecular weight is 295 g/mol. The molecule has 1 aliphatic carbocycles. The van der Waals surface area contributed by atoms with Gasteiger partial charge in [0.2, 0.25) is 0 Å². The highest BCUT2D eigenvalue weighted by Crippen LogP contribution is 2.40. The van der Waals surface area contributed by atoms with Crippen molar-refractivity contribution in [1.29, 1.82) is 0 Å². The molecule has 120 valence electrons. The fourth-order valence-electron chi connectivity index (χ4n) is 5.05. The summed E-state index contributed by atoms with van der Waals surface area (Å²) < 4.78 is 0. The number of rotatable bonds is 6. The molecule has 2 bridgehead atoms. The molecule has 3 unspecified atom stereocenters. The molecule has 2 heterocycles. The van der Waals surface area contributed by atoms with Gasteiger partial charge in [0.1, 0.15) is 0 Å². The molecule has 0 aromatic rings. The third kappa shape index (κ3) is 3.78. The molecule has 2 saturated heterocycles. The van der Waals surface area contributed by atoms with E-state index in [0.717, 1.165) is 31.7 Å². The molecule has 0 aromatic heterocycles. The van der Waals surface area contributed by atoms with Crippen LogP contribution in [0.3, 0.4) is 0 Å². The minimum atomic E-state index is -0.658. The Labute approximate surface area is 127 Å². The Morgan fingerprint density at radius 3 is 2.24 bits per heavy atom. The van der Waals surface area contributed by atoms with Crippen LogP contribution in [0.25, 0.3) is 0 Å². The van der Waals surface area contributed by atoms with Gasteiger partial charge in [-0.25, -0.2) is 0 Å². The second-order valence-corrected chi connectivity index (χ2v) is 7.56. The summed E-state index contributed by atoms with van der Waals surface area (Å²) in [7, 11) is 0. The van der Waals surface area contributed by atoms with E-state index in [0.29, 0.717) is 24.4 Å². The highest BCUT2D eigenvalue weighted by molar-refractivity contribution is 5.67. The minimum absolute atomic E-state index is 0.188. The molecule has 4 heteroatoms. The van der Waals surface area contributed by atoms with Gasteiger partial charge in [-0.1, -0.05) is 25.7 Å². The summed E-state index contributed by atoms with van der Waals surface area (Å²) >= 11 is 0. The summed E-state index contributed by atoms with van der Waals surface area (Å²) in [6, 6.07) is 1.04. The molecular weight excluding hydrogens is 266 g/mol. The normalized spacial score (nSPS) is 35.2. The number of piperidine rings is 1. The third-order valence-corrected chi connectivity index (χ3v) is 5.95. The van der Waals surface area contributed by atoms with Crippen LogP contribution < -0.4 is 0 Å². The molecule has 0 spiro atoms. The van der Waals surface area contributed by atoms with Crippen LogP contribution in [0.15, 0.2) is 0 Å². The first-order valence-electron chi connectivity index (χ1n) is 8.77. The van der Waals surface area contributed by atoms with Crippen molar-refractivity contribution in [2.75, 3.05) is 6.54 Å². The van der Waals surface area contributed by atoms with Gasteiger partial charge in [0.05, 0.1) is 6.10 Å². The van der Waals surface area contributed by atoms with Crippen molar-refractivity contribution in [2.45, 2.75) is 82.4 Å². The van der Waals surface area contributed by atoms with E-state index in [1.165, 1.54) is 38.5 Å². The predicted molar refractivity (Wildman–Crippen MR) is 81.1 cm³/mol. The molecule has 4 nitrogen and oxygen atoms in total. The topological polar surface area (TPSA) is 60.8 Å². The van der Waals surface area contributed by atoms with Gasteiger partial charge in [-0.3, -0.25) is 9.69 Å². The number of aliphatic hydroxyl groups excluding tert-OH is 1. The second kappa shape index (κ2) is 6.66. The monoisotopic (exact) mass is 295 g/mol. The molecule has 3 aliphatic rings. The number of carboxylic acid groups (broad SMARTS) is 1. The SMILES string of the molecule is O=C(O)CC1CC2CCC(C1)N2CC(O)CC1CCCC1. The zero-order valence-electron chi connectivity index (χ0n) is 12.9. The molecule has 2 N–H and O–H groups in total. The fraction of sp³-hybridized carbons (Fsp3) is 0.941. The maximum absolute atomic E-state index is 10.9. The Kier molecular flexibility index (Phi) is 4.85. The molecule has 21 heavy (non-hydrogen) atoms. The number of nitrogens with zero attached hydrogens (tertiary/aromatic N) is 1. The summed E-state index contributed by atoms with van der Waals surface area (Å²) in [5.41, 5.74) is 0. The smallest absolute Gasteiger partial charge is 0.303 e.